The third-order valence-electron chi connectivity index (χ3n) is 3.62. The van der Waals surface area contributed by atoms with E-state index in [4.69, 9.17) is 21.1 Å². The number of rotatable bonds is 6. The van der Waals surface area contributed by atoms with Crippen molar-refractivity contribution < 1.29 is 9.47 Å². The van der Waals surface area contributed by atoms with Crippen LogP contribution >= 0.6 is 11.6 Å². The van der Waals surface area contributed by atoms with Crippen LogP contribution in [0.1, 0.15) is 50.5 Å². The normalized spacial score (nSPS) is 15.6. The van der Waals surface area contributed by atoms with Crippen LogP contribution in [0.25, 0.3) is 0 Å². The van der Waals surface area contributed by atoms with Crippen molar-refractivity contribution in [2.24, 2.45) is 5.92 Å². The van der Waals surface area contributed by atoms with Gasteiger partial charge in [0, 0.05) is 0 Å². The molecule has 19 heavy (non-hydrogen) atoms. The molecule has 1 atom stereocenters. The highest BCUT2D eigenvalue weighted by atomic mass is 35.5. The lowest BCUT2D eigenvalue weighted by atomic mass is 9.90. The first kappa shape index (κ1) is 14.5. The van der Waals surface area contributed by atoms with Crippen molar-refractivity contribution >= 4 is 11.6 Å². The van der Waals surface area contributed by atoms with Crippen LogP contribution in [0.4, 0.5) is 0 Å². The molecule has 1 aromatic rings. The maximum absolute atomic E-state index is 6.68. The second-order valence-corrected chi connectivity index (χ2v) is 5.61. The van der Waals surface area contributed by atoms with Gasteiger partial charge in [0.2, 0.25) is 0 Å². The summed E-state index contributed by atoms with van der Waals surface area (Å²) in [6.07, 6.45) is 4.71. The number of hydrogen-bond donors (Lipinski definition) is 0. The van der Waals surface area contributed by atoms with Gasteiger partial charge in [-0.3, -0.25) is 0 Å². The molecular weight excluding hydrogens is 260 g/mol. The van der Waals surface area contributed by atoms with Gasteiger partial charge in [-0.05, 0) is 36.5 Å². The first-order chi connectivity index (χ1) is 9.26. The van der Waals surface area contributed by atoms with Gasteiger partial charge in [0.05, 0.1) is 5.38 Å². The average molecular weight is 283 g/mol. The van der Waals surface area contributed by atoms with Gasteiger partial charge in [-0.15, -0.1) is 11.6 Å². The minimum Gasteiger partial charge on any atom is -0.486 e. The molecule has 1 aromatic carbocycles. The first-order valence-corrected chi connectivity index (χ1v) is 7.73. The minimum atomic E-state index is 0.0655. The van der Waals surface area contributed by atoms with Gasteiger partial charge < -0.3 is 9.47 Å². The number of ether oxygens (including phenoxy) is 2. The van der Waals surface area contributed by atoms with Crippen LogP contribution < -0.4 is 9.47 Å². The lowest BCUT2D eigenvalue weighted by Crippen LogP contribution is -2.16. The van der Waals surface area contributed by atoms with Crippen molar-refractivity contribution in [1.29, 1.82) is 0 Å². The summed E-state index contributed by atoms with van der Waals surface area (Å²) in [4.78, 5) is 0. The van der Waals surface area contributed by atoms with Gasteiger partial charge in [0.25, 0.3) is 0 Å². The Morgan fingerprint density at radius 2 is 1.68 bits per heavy atom. The second kappa shape index (κ2) is 7.04. The predicted octanol–water partition coefficient (Wildman–Crippen LogP) is 4.95. The third kappa shape index (κ3) is 3.56. The van der Waals surface area contributed by atoms with Crippen molar-refractivity contribution in [3.05, 3.63) is 23.8 Å². The molecule has 0 bridgehead atoms. The van der Waals surface area contributed by atoms with Crippen LogP contribution in [-0.4, -0.2) is 13.2 Å². The Balaban J connectivity index is 2.15. The fourth-order valence-electron chi connectivity index (χ4n) is 2.68. The van der Waals surface area contributed by atoms with Gasteiger partial charge in [-0.2, -0.15) is 0 Å². The maximum atomic E-state index is 6.68. The summed E-state index contributed by atoms with van der Waals surface area (Å²) in [5, 5.41) is 0.0655. The highest BCUT2D eigenvalue weighted by Crippen LogP contribution is 2.39. The molecule has 1 aliphatic rings. The van der Waals surface area contributed by atoms with E-state index in [2.05, 4.69) is 19.9 Å². The lowest BCUT2D eigenvalue weighted by molar-refractivity contribution is 0.171. The Bertz CT molecular complexity index is 400. The zero-order valence-corrected chi connectivity index (χ0v) is 12.6. The molecule has 0 spiro atoms. The van der Waals surface area contributed by atoms with E-state index < -0.39 is 0 Å². The van der Waals surface area contributed by atoms with Crippen molar-refractivity contribution in [3.63, 3.8) is 0 Å². The first-order valence-electron chi connectivity index (χ1n) is 7.29. The Labute approximate surface area is 121 Å². The molecule has 106 valence electrons. The van der Waals surface area contributed by atoms with Crippen molar-refractivity contribution in [2.75, 3.05) is 13.2 Å². The zero-order valence-electron chi connectivity index (χ0n) is 11.8. The second-order valence-electron chi connectivity index (χ2n) is 5.14. The topological polar surface area (TPSA) is 18.5 Å². The molecule has 0 saturated carbocycles. The molecule has 0 amide bonds. The van der Waals surface area contributed by atoms with Gasteiger partial charge >= 0.3 is 0 Å². The van der Waals surface area contributed by atoms with Crippen molar-refractivity contribution in [1.82, 2.24) is 0 Å². The van der Waals surface area contributed by atoms with Gasteiger partial charge in [-0.25, -0.2) is 0 Å². The van der Waals surface area contributed by atoms with E-state index in [1.807, 2.05) is 12.1 Å². The standard InChI is InChI=1S/C16H23ClO2/c1-3-5-12(6-4-2)16(17)13-7-8-14-15(11-13)19-10-9-18-14/h7-8,11-12,16H,3-6,9-10H2,1-2H3. The fourth-order valence-corrected chi connectivity index (χ4v) is 3.07. The van der Waals surface area contributed by atoms with Gasteiger partial charge in [0.15, 0.2) is 11.5 Å². The fraction of sp³-hybridized carbons (Fsp3) is 0.625. The predicted molar refractivity (Wildman–Crippen MR) is 79.3 cm³/mol. The number of fused-ring (bicyclic) bond motifs is 1. The molecule has 0 aliphatic carbocycles. The quantitative estimate of drug-likeness (QED) is 0.687. The molecule has 2 rings (SSSR count). The number of hydrogen-bond acceptors (Lipinski definition) is 2. The van der Waals surface area contributed by atoms with E-state index in [9.17, 15) is 0 Å². The molecule has 0 fully saturated rings. The maximum Gasteiger partial charge on any atom is 0.161 e. The Hall–Kier alpha value is -0.890. The lowest BCUT2D eigenvalue weighted by Gasteiger charge is -2.24. The Kier molecular flexibility index (Phi) is 5.38. The van der Waals surface area contributed by atoms with E-state index in [-0.39, 0.29) is 5.38 Å². The van der Waals surface area contributed by atoms with Crippen LogP contribution in [0.15, 0.2) is 18.2 Å². The van der Waals surface area contributed by atoms with E-state index in [0.29, 0.717) is 19.1 Å². The van der Waals surface area contributed by atoms with Crippen LogP contribution in [0.2, 0.25) is 0 Å². The average Bonchev–Trinajstić information content (AvgIpc) is 2.46. The summed E-state index contributed by atoms with van der Waals surface area (Å²) in [6, 6.07) is 6.10. The van der Waals surface area contributed by atoms with Gasteiger partial charge in [0.1, 0.15) is 13.2 Å². The van der Waals surface area contributed by atoms with Crippen molar-refractivity contribution in [3.8, 4) is 11.5 Å². The van der Waals surface area contributed by atoms with Crippen LogP contribution in [-0.2, 0) is 0 Å². The van der Waals surface area contributed by atoms with E-state index in [1.165, 1.54) is 25.7 Å². The van der Waals surface area contributed by atoms with Gasteiger partial charge in [-0.1, -0.05) is 32.8 Å². The zero-order chi connectivity index (χ0) is 13.7. The minimum absolute atomic E-state index is 0.0655. The largest absolute Gasteiger partial charge is 0.486 e. The van der Waals surface area contributed by atoms with E-state index in [0.717, 1.165) is 17.1 Å². The Morgan fingerprint density at radius 1 is 1.05 bits per heavy atom. The van der Waals surface area contributed by atoms with E-state index in [1.54, 1.807) is 0 Å². The van der Waals surface area contributed by atoms with Crippen molar-refractivity contribution in [2.45, 2.75) is 44.9 Å². The monoisotopic (exact) mass is 282 g/mol. The summed E-state index contributed by atoms with van der Waals surface area (Å²) in [7, 11) is 0. The summed E-state index contributed by atoms with van der Waals surface area (Å²) in [5.41, 5.74) is 1.15. The molecule has 2 nitrogen and oxygen atoms in total. The molecule has 1 unspecified atom stereocenters. The summed E-state index contributed by atoms with van der Waals surface area (Å²) in [6.45, 7) is 5.69. The molecule has 0 N–H and O–H groups in total. The SMILES string of the molecule is CCCC(CCC)C(Cl)c1ccc2c(c1)OCCO2. The summed E-state index contributed by atoms with van der Waals surface area (Å²) in [5.74, 6) is 2.21. The number of alkyl halides is 1. The molecule has 1 heterocycles. The van der Waals surface area contributed by atoms with Crippen LogP contribution in [0.3, 0.4) is 0 Å². The number of benzene rings is 1. The molecular formula is C16H23ClO2. The van der Waals surface area contributed by atoms with Crippen LogP contribution in [0, 0.1) is 5.92 Å². The third-order valence-corrected chi connectivity index (χ3v) is 4.23. The molecule has 1 aliphatic heterocycles. The number of halogens is 1. The molecule has 0 aromatic heterocycles. The van der Waals surface area contributed by atoms with E-state index >= 15 is 0 Å². The summed E-state index contributed by atoms with van der Waals surface area (Å²) >= 11 is 6.68. The molecule has 0 saturated heterocycles. The molecule has 0 radical (unpaired) electrons. The van der Waals surface area contributed by atoms with Crippen LogP contribution in [0.5, 0.6) is 11.5 Å². The highest BCUT2D eigenvalue weighted by molar-refractivity contribution is 6.21. The molecule has 3 heteroatoms. The highest BCUT2D eigenvalue weighted by Gasteiger charge is 2.22. The Morgan fingerprint density at radius 3 is 2.32 bits per heavy atom. The smallest absolute Gasteiger partial charge is 0.161 e. The summed E-state index contributed by atoms with van der Waals surface area (Å²) < 4.78 is 11.2.